The van der Waals surface area contributed by atoms with E-state index in [0.717, 1.165) is 30.1 Å². The molecule has 28 heavy (non-hydrogen) atoms. The lowest BCUT2D eigenvalue weighted by Gasteiger charge is -2.60. The van der Waals surface area contributed by atoms with Gasteiger partial charge in [0.2, 0.25) is 0 Å². The van der Waals surface area contributed by atoms with Crippen LogP contribution in [0.1, 0.15) is 88.4 Å². The maximum Gasteiger partial charge on any atom is 0.338 e. The van der Waals surface area contributed by atoms with Crippen LogP contribution in [0.4, 0.5) is 0 Å². The van der Waals surface area contributed by atoms with Crippen LogP contribution in [0.3, 0.4) is 0 Å². The molecule has 0 bridgehead atoms. The molecule has 3 unspecified atom stereocenters. The maximum atomic E-state index is 12.7. The Bertz CT molecular complexity index is 727. The summed E-state index contributed by atoms with van der Waals surface area (Å²) < 4.78 is 6.14. The van der Waals surface area contributed by atoms with Crippen LogP contribution in [0.25, 0.3) is 0 Å². The molecular weight excluding hydrogens is 344 g/mol. The van der Waals surface area contributed by atoms with Crippen LogP contribution >= 0.6 is 0 Å². The Balaban J connectivity index is 1.35. The fraction of sp³-hybridized carbons (Fsp3) is 0.731. The van der Waals surface area contributed by atoms with Crippen molar-refractivity contribution in [2.24, 2.45) is 34.5 Å². The van der Waals surface area contributed by atoms with Gasteiger partial charge in [0.1, 0.15) is 6.10 Å². The van der Waals surface area contributed by atoms with Gasteiger partial charge in [0.05, 0.1) is 5.56 Å². The Morgan fingerprint density at radius 3 is 2.46 bits per heavy atom. The molecule has 0 radical (unpaired) electrons. The van der Waals surface area contributed by atoms with Crippen molar-refractivity contribution in [3.05, 3.63) is 35.9 Å². The predicted octanol–water partition coefficient (Wildman–Crippen LogP) is 6.64. The molecule has 0 heterocycles. The normalized spacial score (nSPS) is 44.9. The Kier molecular flexibility index (Phi) is 4.60. The number of carbonyl (C=O) groups excluding carboxylic acids is 1. The van der Waals surface area contributed by atoms with Gasteiger partial charge in [-0.05, 0) is 92.6 Å². The van der Waals surface area contributed by atoms with E-state index in [9.17, 15) is 4.79 Å². The average Bonchev–Trinajstić information content (AvgIpc) is 3.04. The minimum absolute atomic E-state index is 0.100. The number of hydrogen-bond acceptors (Lipinski definition) is 2. The monoisotopic (exact) mass is 380 g/mol. The standard InChI is InChI=1S/C26H36O2/c1-25-16-7-6-10-19(25)11-12-20-21-13-14-23(26(21,2)17-15-22(20)25)28-24(27)18-8-4-3-5-9-18/h3-5,8-9,19-23H,6-7,10-17H2,1-2H3/t19-,20?,21+,22?,23?,25+,26+/m0/s1. The van der Waals surface area contributed by atoms with E-state index in [1.807, 2.05) is 30.3 Å². The number of hydrogen-bond donors (Lipinski definition) is 0. The fourth-order valence-corrected chi connectivity index (χ4v) is 8.21. The molecular formula is C26H36O2. The van der Waals surface area contributed by atoms with Crippen LogP contribution < -0.4 is 0 Å². The van der Waals surface area contributed by atoms with Crippen molar-refractivity contribution in [1.29, 1.82) is 0 Å². The van der Waals surface area contributed by atoms with Crippen molar-refractivity contribution in [2.75, 3.05) is 0 Å². The molecule has 4 aliphatic carbocycles. The summed E-state index contributed by atoms with van der Waals surface area (Å²) in [6, 6.07) is 9.54. The average molecular weight is 381 g/mol. The van der Waals surface area contributed by atoms with E-state index in [-0.39, 0.29) is 17.5 Å². The van der Waals surface area contributed by atoms with Crippen LogP contribution in [-0.2, 0) is 4.74 Å². The molecule has 0 amide bonds. The molecule has 7 atom stereocenters. The van der Waals surface area contributed by atoms with Crippen LogP contribution in [0, 0.1) is 34.5 Å². The third-order valence-electron chi connectivity index (χ3n) is 9.76. The number of ether oxygens (including phenoxy) is 1. The van der Waals surface area contributed by atoms with Gasteiger partial charge in [0.25, 0.3) is 0 Å². The lowest BCUT2D eigenvalue weighted by Crippen LogP contribution is -2.53. The predicted molar refractivity (Wildman–Crippen MR) is 112 cm³/mol. The highest BCUT2D eigenvalue weighted by molar-refractivity contribution is 5.89. The molecule has 0 saturated heterocycles. The Labute approximate surface area is 170 Å². The van der Waals surface area contributed by atoms with Gasteiger partial charge in [-0.3, -0.25) is 0 Å². The topological polar surface area (TPSA) is 26.3 Å². The maximum absolute atomic E-state index is 12.7. The van der Waals surface area contributed by atoms with Gasteiger partial charge in [-0.15, -0.1) is 0 Å². The molecule has 5 rings (SSSR count). The van der Waals surface area contributed by atoms with E-state index < -0.39 is 0 Å². The fourth-order valence-electron chi connectivity index (χ4n) is 8.21. The summed E-state index contributed by atoms with van der Waals surface area (Å²) in [4.78, 5) is 12.7. The molecule has 152 valence electrons. The quantitative estimate of drug-likeness (QED) is 0.537. The summed E-state index contributed by atoms with van der Waals surface area (Å²) in [7, 11) is 0. The minimum Gasteiger partial charge on any atom is -0.458 e. The molecule has 0 aliphatic heterocycles. The first kappa shape index (κ1) is 18.7. The minimum atomic E-state index is -0.127. The third-order valence-corrected chi connectivity index (χ3v) is 9.76. The Hall–Kier alpha value is -1.31. The zero-order valence-electron chi connectivity index (χ0n) is 17.7. The molecule has 1 aromatic carbocycles. The zero-order valence-corrected chi connectivity index (χ0v) is 17.7. The number of carbonyl (C=O) groups is 1. The van der Waals surface area contributed by atoms with Gasteiger partial charge < -0.3 is 4.74 Å². The Morgan fingerprint density at radius 1 is 0.857 bits per heavy atom. The lowest BCUT2D eigenvalue weighted by molar-refractivity contribution is -0.122. The molecule has 0 spiro atoms. The second-order valence-corrected chi connectivity index (χ2v) is 10.8. The van der Waals surface area contributed by atoms with E-state index in [4.69, 9.17) is 4.74 Å². The van der Waals surface area contributed by atoms with Gasteiger partial charge in [-0.25, -0.2) is 4.79 Å². The van der Waals surface area contributed by atoms with Gasteiger partial charge >= 0.3 is 5.97 Å². The molecule has 0 N–H and O–H groups in total. The van der Waals surface area contributed by atoms with E-state index in [2.05, 4.69) is 13.8 Å². The molecule has 2 heteroatoms. The third kappa shape index (κ3) is 2.77. The summed E-state index contributed by atoms with van der Waals surface area (Å²) >= 11 is 0. The number of benzene rings is 1. The van der Waals surface area contributed by atoms with Crippen LogP contribution in [0.2, 0.25) is 0 Å². The first-order valence-electron chi connectivity index (χ1n) is 11.8. The molecule has 2 nitrogen and oxygen atoms in total. The van der Waals surface area contributed by atoms with Crippen LogP contribution in [0.5, 0.6) is 0 Å². The van der Waals surface area contributed by atoms with E-state index in [1.165, 1.54) is 57.8 Å². The van der Waals surface area contributed by atoms with Crippen molar-refractivity contribution < 1.29 is 9.53 Å². The number of esters is 1. The second-order valence-electron chi connectivity index (χ2n) is 10.8. The molecule has 4 fully saturated rings. The summed E-state index contributed by atoms with van der Waals surface area (Å²) in [5.74, 6) is 3.36. The van der Waals surface area contributed by atoms with Gasteiger partial charge in [-0.2, -0.15) is 0 Å². The second kappa shape index (κ2) is 6.89. The largest absolute Gasteiger partial charge is 0.458 e. The summed E-state index contributed by atoms with van der Waals surface area (Å²) in [6.45, 7) is 5.08. The zero-order chi connectivity index (χ0) is 19.4. The molecule has 4 aliphatic rings. The smallest absolute Gasteiger partial charge is 0.338 e. The van der Waals surface area contributed by atoms with Gasteiger partial charge in [0, 0.05) is 5.41 Å². The van der Waals surface area contributed by atoms with Crippen molar-refractivity contribution >= 4 is 5.97 Å². The first-order chi connectivity index (χ1) is 13.5. The summed E-state index contributed by atoms with van der Waals surface area (Å²) in [5.41, 5.74) is 1.46. The Morgan fingerprint density at radius 2 is 1.64 bits per heavy atom. The van der Waals surface area contributed by atoms with Crippen molar-refractivity contribution in [3.63, 3.8) is 0 Å². The highest BCUT2D eigenvalue weighted by atomic mass is 16.5. The summed E-state index contributed by atoms with van der Waals surface area (Å²) in [6.07, 6.45) is 13.7. The molecule has 4 saturated carbocycles. The first-order valence-corrected chi connectivity index (χ1v) is 11.8. The summed E-state index contributed by atoms with van der Waals surface area (Å²) in [5, 5.41) is 0. The van der Waals surface area contributed by atoms with E-state index >= 15 is 0 Å². The highest BCUT2D eigenvalue weighted by Crippen LogP contribution is 2.66. The van der Waals surface area contributed by atoms with Crippen molar-refractivity contribution in [1.82, 2.24) is 0 Å². The van der Waals surface area contributed by atoms with E-state index in [1.54, 1.807) is 0 Å². The van der Waals surface area contributed by atoms with Gasteiger partial charge in [-0.1, -0.05) is 44.9 Å². The number of fused-ring (bicyclic) bond motifs is 5. The van der Waals surface area contributed by atoms with Crippen LogP contribution in [0.15, 0.2) is 30.3 Å². The van der Waals surface area contributed by atoms with Gasteiger partial charge in [0.15, 0.2) is 0 Å². The van der Waals surface area contributed by atoms with Crippen molar-refractivity contribution in [3.8, 4) is 0 Å². The van der Waals surface area contributed by atoms with E-state index in [0.29, 0.717) is 11.0 Å². The van der Waals surface area contributed by atoms with Crippen LogP contribution in [-0.4, -0.2) is 12.1 Å². The number of rotatable bonds is 2. The highest BCUT2D eigenvalue weighted by Gasteiger charge is 2.60. The SMILES string of the molecule is C[C@@]12CCCC[C@H]1CCC1C2CC[C@@]2(C)C(OC(=O)c3ccccc3)CC[C@H]12. The molecule has 1 aromatic rings. The lowest BCUT2D eigenvalue weighted by atomic mass is 9.45. The van der Waals surface area contributed by atoms with Crippen molar-refractivity contribution in [2.45, 2.75) is 84.2 Å². The molecule has 0 aromatic heterocycles.